The third-order valence-corrected chi connectivity index (χ3v) is 5.31. The Balaban J connectivity index is 2.10. The lowest BCUT2D eigenvalue weighted by Crippen LogP contribution is -2.52. The summed E-state index contributed by atoms with van der Waals surface area (Å²) in [7, 11) is 0. The second kappa shape index (κ2) is 5.71. The fraction of sp³-hybridized carbons (Fsp3) is 0.846. The van der Waals surface area contributed by atoms with Gasteiger partial charge in [-0.2, -0.15) is 0 Å². The van der Waals surface area contributed by atoms with E-state index in [1.807, 2.05) is 13.8 Å². The van der Waals surface area contributed by atoms with Crippen molar-refractivity contribution >= 4 is 23.6 Å². The van der Waals surface area contributed by atoms with Gasteiger partial charge in [0, 0.05) is 11.2 Å². The van der Waals surface area contributed by atoms with Crippen molar-refractivity contribution < 1.29 is 14.7 Å². The molecule has 0 aromatic rings. The van der Waals surface area contributed by atoms with E-state index in [9.17, 15) is 14.7 Å². The summed E-state index contributed by atoms with van der Waals surface area (Å²) in [5, 5.41) is 12.5. The molecule has 108 valence electrons. The monoisotopic (exact) mass is 286 g/mol. The van der Waals surface area contributed by atoms with Gasteiger partial charge in [-0.3, -0.25) is 4.79 Å². The maximum atomic E-state index is 12.7. The van der Waals surface area contributed by atoms with Gasteiger partial charge in [-0.1, -0.05) is 13.8 Å². The molecule has 0 aromatic carbocycles. The molecule has 2 heterocycles. The fourth-order valence-electron chi connectivity index (χ4n) is 2.86. The molecule has 0 bridgehead atoms. The van der Waals surface area contributed by atoms with Crippen LogP contribution in [0.5, 0.6) is 0 Å². The maximum Gasteiger partial charge on any atom is 0.327 e. The molecule has 2 saturated heterocycles. The number of carbonyl (C=O) groups excluding carboxylic acids is 1. The smallest absolute Gasteiger partial charge is 0.327 e. The highest BCUT2D eigenvalue weighted by Gasteiger charge is 2.44. The van der Waals surface area contributed by atoms with Gasteiger partial charge in [0.05, 0.1) is 5.88 Å². The molecule has 2 atom stereocenters. The number of piperidine rings is 1. The van der Waals surface area contributed by atoms with Crippen molar-refractivity contribution in [2.45, 2.75) is 32.7 Å². The predicted molar refractivity (Wildman–Crippen MR) is 75.0 cm³/mol. The molecule has 19 heavy (non-hydrogen) atoms. The second-order valence-corrected chi connectivity index (χ2v) is 6.89. The molecular formula is C13H22N2O3S. The summed E-state index contributed by atoms with van der Waals surface area (Å²) in [5.41, 5.74) is -0.494. The number of rotatable bonds is 3. The van der Waals surface area contributed by atoms with Crippen molar-refractivity contribution in [1.29, 1.82) is 0 Å². The summed E-state index contributed by atoms with van der Waals surface area (Å²) in [5.74, 6) is 0.378. The first kappa shape index (κ1) is 14.7. The topological polar surface area (TPSA) is 69.6 Å². The Hall–Kier alpha value is -0.750. The van der Waals surface area contributed by atoms with Gasteiger partial charge in [0.2, 0.25) is 5.91 Å². The third-order valence-electron chi connectivity index (χ3n) is 4.30. The van der Waals surface area contributed by atoms with E-state index in [0.717, 1.165) is 25.9 Å². The van der Waals surface area contributed by atoms with E-state index in [0.29, 0.717) is 11.6 Å². The van der Waals surface area contributed by atoms with Crippen molar-refractivity contribution in [3.63, 3.8) is 0 Å². The zero-order chi connectivity index (χ0) is 14.0. The number of nitrogens with one attached hydrogen (secondary N) is 1. The number of thioether (sulfide) groups is 1. The molecule has 2 rings (SSSR count). The standard InChI is InChI=1S/C13H22N2O3S/c1-13(2,9-4-3-5-14-6-9)12(18)15-8-19-7-10(15)11(16)17/h9-10,14H,3-8H2,1-2H3,(H,16,17). The first-order chi connectivity index (χ1) is 8.94. The van der Waals surface area contributed by atoms with Gasteiger partial charge >= 0.3 is 5.97 Å². The Morgan fingerprint density at radius 3 is 2.74 bits per heavy atom. The van der Waals surface area contributed by atoms with Crippen LogP contribution in [0.3, 0.4) is 0 Å². The number of carboxylic acid groups (broad SMARTS) is 1. The summed E-state index contributed by atoms with van der Waals surface area (Å²) >= 11 is 1.52. The van der Waals surface area contributed by atoms with Gasteiger partial charge in [0.15, 0.2) is 0 Å². The molecular weight excluding hydrogens is 264 g/mol. The number of carboxylic acids is 1. The highest BCUT2D eigenvalue weighted by Crippen LogP contribution is 2.36. The minimum atomic E-state index is -0.893. The molecule has 0 aliphatic carbocycles. The van der Waals surface area contributed by atoms with E-state index in [1.165, 1.54) is 11.8 Å². The Morgan fingerprint density at radius 1 is 1.42 bits per heavy atom. The number of nitrogens with zero attached hydrogens (tertiary/aromatic N) is 1. The summed E-state index contributed by atoms with van der Waals surface area (Å²) < 4.78 is 0. The van der Waals surface area contributed by atoms with Crippen LogP contribution in [-0.2, 0) is 9.59 Å². The quantitative estimate of drug-likeness (QED) is 0.810. The Bertz CT molecular complexity index is 367. The second-order valence-electron chi connectivity index (χ2n) is 5.89. The molecule has 6 heteroatoms. The Labute approximate surface area is 118 Å². The number of aliphatic carboxylic acids is 1. The molecule has 2 N–H and O–H groups in total. The lowest BCUT2D eigenvalue weighted by atomic mass is 9.74. The zero-order valence-electron chi connectivity index (χ0n) is 11.5. The largest absolute Gasteiger partial charge is 0.480 e. The van der Waals surface area contributed by atoms with E-state index in [4.69, 9.17) is 0 Å². The first-order valence-electron chi connectivity index (χ1n) is 6.77. The van der Waals surface area contributed by atoms with Crippen molar-refractivity contribution in [1.82, 2.24) is 10.2 Å². The number of amides is 1. The van der Waals surface area contributed by atoms with Gasteiger partial charge in [-0.15, -0.1) is 11.8 Å². The van der Waals surface area contributed by atoms with Crippen LogP contribution in [0.15, 0.2) is 0 Å². The lowest BCUT2D eigenvalue weighted by molar-refractivity contribution is -0.153. The summed E-state index contributed by atoms with van der Waals surface area (Å²) in [6.07, 6.45) is 2.11. The Kier molecular flexibility index (Phi) is 4.40. The van der Waals surface area contributed by atoms with Crippen molar-refractivity contribution in [2.75, 3.05) is 24.7 Å². The van der Waals surface area contributed by atoms with Gasteiger partial charge < -0.3 is 15.3 Å². The minimum absolute atomic E-state index is 0.0152. The molecule has 0 aromatic heterocycles. The van der Waals surface area contributed by atoms with Crippen molar-refractivity contribution in [3.05, 3.63) is 0 Å². The molecule has 2 fully saturated rings. The fourth-order valence-corrected chi connectivity index (χ4v) is 4.01. The highest BCUT2D eigenvalue weighted by atomic mass is 32.2. The first-order valence-corrected chi connectivity index (χ1v) is 7.92. The van der Waals surface area contributed by atoms with E-state index in [-0.39, 0.29) is 11.8 Å². The van der Waals surface area contributed by atoms with Gasteiger partial charge in [0.25, 0.3) is 0 Å². The van der Waals surface area contributed by atoms with E-state index in [2.05, 4.69) is 5.32 Å². The van der Waals surface area contributed by atoms with Crippen molar-refractivity contribution in [2.24, 2.45) is 11.3 Å². The highest BCUT2D eigenvalue weighted by molar-refractivity contribution is 7.99. The maximum absolute atomic E-state index is 12.7. The summed E-state index contributed by atoms with van der Waals surface area (Å²) in [4.78, 5) is 25.4. The van der Waals surface area contributed by atoms with Crippen LogP contribution in [0.1, 0.15) is 26.7 Å². The average Bonchev–Trinajstić information content (AvgIpc) is 2.88. The van der Waals surface area contributed by atoms with Gasteiger partial charge in [-0.25, -0.2) is 4.79 Å². The number of carbonyl (C=O) groups is 2. The van der Waals surface area contributed by atoms with Crippen LogP contribution < -0.4 is 5.32 Å². The molecule has 0 saturated carbocycles. The van der Waals surface area contributed by atoms with Crippen LogP contribution in [0, 0.1) is 11.3 Å². The zero-order valence-corrected chi connectivity index (χ0v) is 12.3. The average molecular weight is 286 g/mol. The number of hydrogen-bond acceptors (Lipinski definition) is 4. The van der Waals surface area contributed by atoms with E-state index >= 15 is 0 Å². The van der Waals surface area contributed by atoms with E-state index in [1.54, 1.807) is 4.90 Å². The van der Waals surface area contributed by atoms with Gasteiger partial charge in [0.1, 0.15) is 6.04 Å². The SMILES string of the molecule is CC(C)(C(=O)N1CSCC1C(=O)O)C1CCCNC1. The molecule has 0 spiro atoms. The summed E-state index contributed by atoms with van der Waals surface area (Å²) in [6.45, 7) is 5.76. The van der Waals surface area contributed by atoms with Gasteiger partial charge in [-0.05, 0) is 31.8 Å². The van der Waals surface area contributed by atoms with Crippen LogP contribution in [0.4, 0.5) is 0 Å². The van der Waals surface area contributed by atoms with Crippen LogP contribution in [-0.4, -0.2) is 52.6 Å². The third kappa shape index (κ3) is 2.89. The molecule has 1 amide bonds. The number of hydrogen-bond donors (Lipinski definition) is 2. The molecule has 2 aliphatic rings. The lowest BCUT2D eigenvalue weighted by Gasteiger charge is -2.39. The van der Waals surface area contributed by atoms with Crippen LogP contribution in [0.2, 0.25) is 0 Å². The Morgan fingerprint density at radius 2 is 2.16 bits per heavy atom. The molecule has 5 nitrogen and oxygen atoms in total. The summed E-state index contributed by atoms with van der Waals surface area (Å²) in [6, 6.07) is -0.659. The van der Waals surface area contributed by atoms with Crippen LogP contribution in [0.25, 0.3) is 0 Å². The molecule has 2 aliphatic heterocycles. The minimum Gasteiger partial charge on any atom is -0.480 e. The van der Waals surface area contributed by atoms with E-state index < -0.39 is 17.4 Å². The molecule has 2 unspecified atom stereocenters. The predicted octanol–water partition coefficient (Wildman–Crippen LogP) is 0.998. The normalized spacial score (nSPS) is 28.4. The van der Waals surface area contributed by atoms with Crippen LogP contribution >= 0.6 is 11.8 Å². The van der Waals surface area contributed by atoms with Crippen molar-refractivity contribution in [3.8, 4) is 0 Å². The molecule has 0 radical (unpaired) electrons.